The normalized spacial score (nSPS) is 22.3. The number of ketones is 1. The molecule has 2 heterocycles. The zero-order valence-electron chi connectivity index (χ0n) is 20.1. The standard InChI is InChI=1S/C27H33FN4O3/c1-18(33)21-5-2-6-23(15-21)30-27(35)31-25-11-12-29-16-24(25)26(34)32-13-3-4-20(17-32)14-19-7-9-22(28)10-8-19/h2,5-10,15,20,24-25,29H,3-4,11-14,16-17H2,1H3,(H2,30,31,35)/t20-,24-,25+/m0/s1. The molecule has 2 aliphatic rings. The summed E-state index contributed by atoms with van der Waals surface area (Å²) < 4.78 is 13.2. The maximum atomic E-state index is 13.5. The van der Waals surface area contributed by atoms with Crippen molar-refractivity contribution >= 4 is 23.4 Å². The number of amides is 3. The van der Waals surface area contributed by atoms with Crippen LogP contribution in [0, 0.1) is 17.7 Å². The van der Waals surface area contributed by atoms with Crippen molar-refractivity contribution in [3.05, 3.63) is 65.5 Å². The maximum Gasteiger partial charge on any atom is 0.319 e. The molecule has 2 aromatic rings. The van der Waals surface area contributed by atoms with Crippen molar-refractivity contribution in [1.82, 2.24) is 15.5 Å². The highest BCUT2D eigenvalue weighted by Gasteiger charge is 2.36. The molecule has 8 heteroatoms. The highest BCUT2D eigenvalue weighted by Crippen LogP contribution is 2.24. The number of benzene rings is 2. The molecule has 2 aliphatic heterocycles. The molecule has 2 fully saturated rings. The molecule has 0 bridgehead atoms. The first kappa shape index (κ1) is 24.9. The summed E-state index contributed by atoms with van der Waals surface area (Å²) in [6, 6.07) is 12.7. The first-order chi connectivity index (χ1) is 16.9. The number of Topliss-reactive ketones (excluding diaryl/α,β-unsaturated/α-hetero) is 1. The van der Waals surface area contributed by atoms with Crippen molar-refractivity contribution in [2.45, 2.75) is 38.6 Å². The van der Waals surface area contributed by atoms with E-state index in [9.17, 15) is 18.8 Å². The Morgan fingerprint density at radius 2 is 1.91 bits per heavy atom. The van der Waals surface area contributed by atoms with Crippen molar-refractivity contribution in [3.8, 4) is 0 Å². The lowest BCUT2D eigenvalue weighted by atomic mass is 9.88. The van der Waals surface area contributed by atoms with Gasteiger partial charge in [-0.25, -0.2) is 9.18 Å². The minimum atomic E-state index is -0.386. The van der Waals surface area contributed by atoms with E-state index in [1.807, 2.05) is 17.0 Å². The molecule has 0 saturated carbocycles. The molecule has 3 amide bonds. The van der Waals surface area contributed by atoms with Crippen molar-refractivity contribution in [2.75, 3.05) is 31.5 Å². The van der Waals surface area contributed by atoms with Crippen molar-refractivity contribution < 1.29 is 18.8 Å². The number of hydrogen-bond acceptors (Lipinski definition) is 4. The molecule has 3 atom stereocenters. The van der Waals surface area contributed by atoms with Gasteiger partial charge < -0.3 is 20.9 Å². The summed E-state index contributed by atoms with van der Waals surface area (Å²) in [5.41, 5.74) is 2.14. The molecule has 2 saturated heterocycles. The zero-order chi connectivity index (χ0) is 24.8. The molecule has 186 valence electrons. The number of likely N-dealkylation sites (tertiary alicyclic amines) is 1. The third kappa shape index (κ3) is 6.66. The van der Waals surface area contributed by atoms with E-state index >= 15 is 0 Å². The summed E-state index contributed by atoms with van der Waals surface area (Å²) in [4.78, 5) is 39.7. The van der Waals surface area contributed by atoms with E-state index in [1.165, 1.54) is 19.1 Å². The molecule has 0 aliphatic carbocycles. The fourth-order valence-corrected chi connectivity index (χ4v) is 5.06. The number of anilines is 1. The predicted octanol–water partition coefficient (Wildman–Crippen LogP) is 3.61. The average Bonchev–Trinajstić information content (AvgIpc) is 2.85. The van der Waals surface area contributed by atoms with Crippen LogP contribution in [0.2, 0.25) is 0 Å². The van der Waals surface area contributed by atoms with Gasteiger partial charge in [-0.15, -0.1) is 0 Å². The molecular formula is C27H33FN4O3. The molecule has 35 heavy (non-hydrogen) atoms. The summed E-state index contributed by atoms with van der Waals surface area (Å²) >= 11 is 0. The third-order valence-electron chi connectivity index (χ3n) is 6.91. The van der Waals surface area contributed by atoms with E-state index in [4.69, 9.17) is 0 Å². The second-order valence-electron chi connectivity index (χ2n) is 9.56. The lowest BCUT2D eigenvalue weighted by Gasteiger charge is -2.39. The summed E-state index contributed by atoms with van der Waals surface area (Å²) in [6.45, 7) is 4.11. The minimum Gasteiger partial charge on any atom is -0.342 e. The van der Waals surface area contributed by atoms with E-state index in [2.05, 4.69) is 16.0 Å². The highest BCUT2D eigenvalue weighted by molar-refractivity contribution is 5.96. The van der Waals surface area contributed by atoms with Crippen LogP contribution in [0.3, 0.4) is 0 Å². The van der Waals surface area contributed by atoms with Gasteiger partial charge in [0.1, 0.15) is 5.82 Å². The van der Waals surface area contributed by atoms with Gasteiger partial charge in [-0.05, 0) is 74.9 Å². The maximum absolute atomic E-state index is 13.5. The second kappa shape index (κ2) is 11.4. The Bertz CT molecular complexity index is 1060. The van der Waals surface area contributed by atoms with Gasteiger partial charge in [0.05, 0.1) is 5.92 Å². The van der Waals surface area contributed by atoms with Crippen LogP contribution in [0.5, 0.6) is 0 Å². The lowest BCUT2D eigenvalue weighted by Crippen LogP contribution is -2.57. The molecule has 2 aromatic carbocycles. The smallest absolute Gasteiger partial charge is 0.319 e. The molecular weight excluding hydrogens is 447 g/mol. The Labute approximate surface area is 205 Å². The first-order valence-corrected chi connectivity index (χ1v) is 12.3. The number of urea groups is 1. The minimum absolute atomic E-state index is 0.0601. The van der Waals surface area contributed by atoms with Crippen LogP contribution in [-0.2, 0) is 11.2 Å². The Morgan fingerprint density at radius 1 is 1.11 bits per heavy atom. The molecule has 0 unspecified atom stereocenters. The first-order valence-electron chi connectivity index (χ1n) is 12.3. The van der Waals surface area contributed by atoms with Crippen LogP contribution in [0.4, 0.5) is 14.9 Å². The number of piperidine rings is 2. The number of rotatable bonds is 6. The summed E-state index contributed by atoms with van der Waals surface area (Å²) in [5, 5.41) is 9.06. The number of halogens is 1. The SMILES string of the molecule is CC(=O)c1cccc(NC(=O)N[C@@H]2CCNC[C@@H]2C(=O)N2CCC[C@@H](Cc3ccc(F)cc3)C2)c1. The van der Waals surface area contributed by atoms with Crippen LogP contribution in [0.15, 0.2) is 48.5 Å². The van der Waals surface area contributed by atoms with Gasteiger partial charge >= 0.3 is 6.03 Å². The largest absolute Gasteiger partial charge is 0.342 e. The zero-order valence-corrected chi connectivity index (χ0v) is 20.1. The van der Waals surface area contributed by atoms with Crippen LogP contribution in [0.25, 0.3) is 0 Å². The Hall–Kier alpha value is -3.26. The number of nitrogens with one attached hydrogen (secondary N) is 3. The Kier molecular flexibility index (Phi) is 8.13. The van der Waals surface area contributed by atoms with E-state index in [0.29, 0.717) is 43.2 Å². The number of carbonyl (C=O) groups is 3. The van der Waals surface area contributed by atoms with Gasteiger partial charge in [-0.1, -0.05) is 24.3 Å². The monoisotopic (exact) mass is 480 g/mol. The summed E-state index contributed by atoms with van der Waals surface area (Å²) in [7, 11) is 0. The third-order valence-corrected chi connectivity index (χ3v) is 6.91. The number of carbonyl (C=O) groups excluding carboxylic acids is 3. The van der Waals surface area contributed by atoms with Crippen LogP contribution < -0.4 is 16.0 Å². The van der Waals surface area contributed by atoms with E-state index in [0.717, 1.165) is 31.4 Å². The highest BCUT2D eigenvalue weighted by atomic mass is 19.1. The average molecular weight is 481 g/mol. The molecule has 0 spiro atoms. The van der Waals surface area contributed by atoms with E-state index in [1.54, 1.807) is 24.3 Å². The summed E-state index contributed by atoms with van der Waals surface area (Å²) in [5.74, 6) is -0.268. The Morgan fingerprint density at radius 3 is 2.69 bits per heavy atom. The van der Waals surface area contributed by atoms with Gasteiger partial charge in [0.2, 0.25) is 5.91 Å². The van der Waals surface area contributed by atoms with Crippen molar-refractivity contribution in [2.24, 2.45) is 11.8 Å². The van der Waals surface area contributed by atoms with Gasteiger partial charge in [-0.2, -0.15) is 0 Å². The summed E-state index contributed by atoms with van der Waals surface area (Å²) in [6.07, 6.45) is 3.44. The van der Waals surface area contributed by atoms with Crippen molar-refractivity contribution in [1.29, 1.82) is 0 Å². The van der Waals surface area contributed by atoms with Crippen LogP contribution in [0.1, 0.15) is 42.1 Å². The molecule has 0 aromatic heterocycles. The molecule has 4 rings (SSSR count). The second-order valence-corrected chi connectivity index (χ2v) is 9.56. The fraction of sp³-hybridized carbons (Fsp3) is 0.444. The molecule has 0 radical (unpaired) electrons. The van der Waals surface area contributed by atoms with Crippen molar-refractivity contribution in [3.63, 3.8) is 0 Å². The fourth-order valence-electron chi connectivity index (χ4n) is 5.06. The molecule has 7 nitrogen and oxygen atoms in total. The quantitative estimate of drug-likeness (QED) is 0.551. The molecule has 3 N–H and O–H groups in total. The van der Waals surface area contributed by atoms with Gasteiger partial charge in [-0.3, -0.25) is 9.59 Å². The van der Waals surface area contributed by atoms with E-state index < -0.39 is 0 Å². The lowest BCUT2D eigenvalue weighted by molar-refractivity contribution is -0.138. The van der Waals surface area contributed by atoms with Gasteiger partial charge in [0.15, 0.2) is 5.78 Å². The van der Waals surface area contributed by atoms with Crippen LogP contribution in [-0.4, -0.2) is 54.8 Å². The topological polar surface area (TPSA) is 90.5 Å². The number of nitrogens with zero attached hydrogens (tertiary/aromatic N) is 1. The van der Waals surface area contributed by atoms with Crippen LogP contribution >= 0.6 is 0 Å². The Balaban J connectivity index is 1.36. The predicted molar refractivity (Wildman–Crippen MR) is 133 cm³/mol. The van der Waals surface area contributed by atoms with E-state index in [-0.39, 0.29) is 35.5 Å². The van der Waals surface area contributed by atoms with Gasteiger partial charge in [0.25, 0.3) is 0 Å². The number of hydrogen-bond donors (Lipinski definition) is 3. The van der Waals surface area contributed by atoms with Gasteiger partial charge in [0, 0.05) is 36.9 Å².